The molecule has 0 saturated carbocycles. The fourth-order valence-corrected chi connectivity index (χ4v) is 5.51. The number of nitrogens with zero attached hydrogens (tertiary/aromatic N) is 1. The first kappa shape index (κ1) is 38.6. The molecule has 0 aromatic carbocycles. The van der Waals surface area contributed by atoms with Crippen LogP contribution in [0.2, 0.25) is 0 Å². The third-order valence-electron chi connectivity index (χ3n) is 8.27. The van der Waals surface area contributed by atoms with E-state index in [0.29, 0.717) is 0 Å². The number of aliphatic carboxylic acids is 1. The van der Waals surface area contributed by atoms with E-state index in [9.17, 15) is 19.5 Å². The van der Waals surface area contributed by atoms with Crippen molar-refractivity contribution in [3.8, 4) is 0 Å². The van der Waals surface area contributed by atoms with Gasteiger partial charge in [-0.05, 0) is 19.8 Å². The molecule has 5 heteroatoms. The molecule has 0 spiro atoms. The summed E-state index contributed by atoms with van der Waals surface area (Å²) < 4.78 is 0. The summed E-state index contributed by atoms with van der Waals surface area (Å²) in [4.78, 5) is 38.2. The number of carboxylic acid groups (broad SMARTS) is 1. The Bertz CT molecular complexity index is 564. The van der Waals surface area contributed by atoms with Crippen molar-refractivity contribution in [2.75, 3.05) is 0 Å². The summed E-state index contributed by atoms with van der Waals surface area (Å²) in [6, 6.07) is -1.09. The van der Waals surface area contributed by atoms with E-state index < -0.39 is 12.0 Å². The van der Waals surface area contributed by atoms with E-state index in [2.05, 4.69) is 13.8 Å². The Balaban J connectivity index is 3.96. The monoisotopic (exact) mass is 566 g/mol. The van der Waals surface area contributed by atoms with Crippen molar-refractivity contribution in [1.82, 2.24) is 4.90 Å². The van der Waals surface area contributed by atoms with Crippen LogP contribution in [0.1, 0.15) is 201 Å². The Kier molecular flexibility index (Phi) is 28.1. The van der Waals surface area contributed by atoms with Crippen molar-refractivity contribution >= 4 is 17.8 Å². The van der Waals surface area contributed by atoms with Gasteiger partial charge in [0.25, 0.3) is 0 Å². The predicted octanol–water partition coefficient (Wildman–Crippen LogP) is 10.8. The Morgan fingerprint density at radius 3 is 0.900 bits per heavy atom. The number of hydrogen-bond donors (Lipinski definition) is 1. The zero-order valence-electron chi connectivity index (χ0n) is 27.0. The number of amides is 2. The Morgan fingerprint density at radius 1 is 0.450 bits per heavy atom. The third-order valence-corrected chi connectivity index (χ3v) is 8.27. The van der Waals surface area contributed by atoms with Gasteiger partial charge in [0.2, 0.25) is 11.8 Å². The second kappa shape index (κ2) is 29.1. The average molecular weight is 566 g/mol. The van der Waals surface area contributed by atoms with Crippen molar-refractivity contribution in [1.29, 1.82) is 0 Å². The van der Waals surface area contributed by atoms with Crippen LogP contribution < -0.4 is 0 Å². The zero-order valence-corrected chi connectivity index (χ0v) is 27.0. The van der Waals surface area contributed by atoms with Crippen LogP contribution in [-0.2, 0) is 14.4 Å². The Hall–Kier alpha value is -1.39. The molecule has 0 aromatic rings. The normalized spacial score (nSPS) is 12.0. The van der Waals surface area contributed by atoms with Crippen LogP contribution in [-0.4, -0.2) is 33.8 Å². The maximum absolute atomic E-state index is 12.8. The number of hydrogen-bond acceptors (Lipinski definition) is 3. The van der Waals surface area contributed by atoms with Gasteiger partial charge in [0, 0.05) is 12.8 Å². The average Bonchev–Trinajstić information content (AvgIpc) is 2.93. The first-order chi connectivity index (χ1) is 19.5. The summed E-state index contributed by atoms with van der Waals surface area (Å²) in [5.41, 5.74) is 0. The van der Waals surface area contributed by atoms with Crippen LogP contribution >= 0.6 is 0 Å². The number of carboxylic acids is 1. The van der Waals surface area contributed by atoms with Crippen LogP contribution in [0.15, 0.2) is 0 Å². The molecule has 0 radical (unpaired) electrons. The molecule has 236 valence electrons. The van der Waals surface area contributed by atoms with Gasteiger partial charge in [-0.15, -0.1) is 0 Å². The molecule has 40 heavy (non-hydrogen) atoms. The summed E-state index contributed by atoms with van der Waals surface area (Å²) >= 11 is 0. The van der Waals surface area contributed by atoms with Crippen molar-refractivity contribution in [2.24, 2.45) is 0 Å². The SMILES string of the molecule is CCCCCCCCCCCCCCCC(=O)N(C(=O)CCCCCCCCCCCCCCC)[C@@H](C)C(=O)O. The van der Waals surface area contributed by atoms with E-state index in [1.165, 1.54) is 135 Å². The number of rotatable bonds is 30. The minimum Gasteiger partial charge on any atom is -0.480 e. The minimum absolute atomic E-state index is 0.264. The van der Waals surface area contributed by atoms with Gasteiger partial charge in [-0.3, -0.25) is 14.5 Å². The van der Waals surface area contributed by atoms with Crippen LogP contribution in [0.4, 0.5) is 0 Å². The van der Waals surface area contributed by atoms with Crippen LogP contribution in [0.5, 0.6) is 0 Å². The van der Waals surface area contributed by atoms with Crippen molar-refractivity contribution in [3.05, 3.63) is 0 Å². The van der Waals surface area contributed by atoms with Gasteiger partial charge in [-0.2, -0.15) is 0 Å². The number of unbranched alkanes of at least 4 members (excludes halogenated alkanes) is 24. The van der Waals surface area contributed by atoms with Crippen molar-refractivity contribution < 1.29 is 19.5 Å². The minimum atomic E-state index is -1.11. The van der Waals surface area contributed by atoms with E-state index in [-0.39, 0.29) is 24.7 Å². The molecule has 0 aliphatic carbocycles. The second-order valence-electron chi connectivity index (χ2n) is 12.2. The van der Waals surface area contributed by atoms with Gasteiger partial charge in [-0.1, -0.05) is 168 Å². The highest BCUT2D eigenvalue weighted by Crippen LogP contribution is 2.16. The molecule has 0 aliphatic heterocycles. The molecule has 0 rings (SSSR count). The molecular formula is C35H67NO4. The van der Waals surface area contributed by atoms with E-state index in [1.807, 2.05) is 0 Å². The molecule has 0 heterocycles. The van der Waals surface area contributed by atoms with Gasteiger partial charge in [-0.25, -0.2) is 4.79 Å². The first-order valence-corrected chi connectivity index (χ1v) is 17.5. The molecule has 0 aromatic heterocycles. The van der Waals surface area contributed by atoms with Crippen LogP contribution in [0.3, 0.4) is 0 Å². The lowest BCUT2D eigenvalue weighted by molar-refractivity contribution is -0.157. The highest BCUT2D eigenvalue weighted by molar-refractivity contribution is 5.99. The molecule has 2 amide bonds. The van der Waals surface area contributed by atoms with Gasteiger partial charge in [0.05, 0.1) is 0 Å². The first-order valence-electron chi connectivity index (χ1n) is 17.5. The van der Waals surface area contributed by atoms with E-state index in [4.69, 9.17) is 0 Å². The van der Waals surface area contributed by atoms with Gasteiger partial charge in [0.1, 0.15) is 6.04 Å². The topological polar surface area (TPSA) is 74.7 Å². The highest BCUT2D eigenvalue weighted by atomic mass is 16.4. The Morgan fingerprint density at radius 2 is 0.675 bits per heavy atom. The highest BCUT2D eigenvalue weighted by Gasteiger charge is 2.30. The van der Waals surface area contributed by atoms with Crippen molar-refractivity contribution in [3.63, 3.8) is 0 Å². The molecule has 0 bridgehead atoms. The fraction of sp³-hybridized carbons (Fsp3) is 0.914. The number of carbonyl (C=O) groups excluding carboxylic acids is 2. The molecule has 0 unspecified atom stereocenters. The van der Waals surface area contributed by atoms with Gasteiger partial charge in [0.15, 0.2) is 0 Å². The van der Waals surface area contributed by atoms with Crippen molar-refractivity contribution in [2.45, 2.75) is 207 Å². The second-order valence-corrected chi connectivity index (χ2v) is 12.2. The summed E-state index contributed by atoms with van der Waals surface area (Å²) in [5.74, 6) is -1.76. The summed E-state index contributed by atoms with van der Waals surface area (Å²) in [6.45, 7) is 5.96. The Labute approximate surface area is 248 Å². The van der Waals surface area contributed by atoms with Crippen LogP contribution in [0, 0.1) is 0 Å². The van der Waals surface area contributed by atoms with Crippen LogP contribution in [0.25, 0.3) is 0 Å². The molecule has 0 aliphatic rings. The van der Waals surface area contributed by atoms with Gasteiger partial charge >= 0.3 is 5.97 Å². The zero-order chi connectivity index (χ0) is 29.7. The number of imide groups is 1. The molecule has 1 N–H and O–H groups in total. The molecule has 0 saturated heterocycles. The molecule has 5 nitrogen and oxygen atoms in total. The summed E-state index contributed by atoms with van der Waals surface area (Å²) in [7, 11) is 0. The number of carbonyl (C=O) groups is 3. The quantitative estimate of drug-likeness (QED) is 0.0879. The maximum atomic E-state index is 12.8. The van der Waals surface area contributed by atoms with E-state index in [1.54, 1.807) is 0 Å². The predicted molar refractivity (Wildman–Crippen MR) is 170 cm³/mol. The fourth-order valence-electron chi connectivity index (χ4n) is 5.51. The lowest BCUT2D eigenvalue weighted by Gasteiger charge is -2.25. The van der Waals surface area contributed by atoms with E-state index >= 15 is 0 Å². The summed E-state index contributed by atoms with van der Waals surface area (Å²) in [6.07, 6.45) is 32.5. The maximum Gasteiger partial charge on any atom is 0.326 e. The molecule has 1 atom stereocenters. The standard InChI is InChI=1S/C35H67NO4/c1-4-6-8-10-12-14-16-18-20-22-24-26-28-30-33(37)36(32(3)35(39)40)34(38)31-29-27-25-23-21-19-17-15-13-11-9-7-5-2/h32H,4-31H2,1-3H3,(H,39,40)/t32-/m0/s1. The third kappa shape index (κ3) is 23.3. The lowest BCUT2D eigenvalue weighted by atomic mass is 10.0. The van der Waals surface area contributed by atoms with Gasteiger partial charge < -0.3 is 5.11 Å². The lowest BCUT2D eigenvalue weighted by Crippen LogP contribution is -2.47. The summed E-state index contributed by atoms with van der Waals surface area (Å²) in [5, 5.41) is 9.47. The van der Waals surface area contributed by atoms with E-state index in [0.717, 1.165) is 43.4 Å². The largest absolute Gasteiger partial charge is 0.480 e. The smallest absolute Gasteiger partial charge is 0.326 e. The molecule has 0 fully saturated rings. The molecular weight excluding hydrogens is 498 g/mol.